The summed E-state index contributed by atoms with van der Waals surface area (Å²) in [5.74, 6) is 1.58. The maximum Gasteiger partial charge on any atom is 0.337 e. The first-order chi connectivity index (χ1) is 9.56. The van der Waals surface area contributed by atoms with Gasteiger partial charge in [-0.25, -0.2) is 9.78 Å². The third-order valence-corrected chi connectivity index (χ3v) is 4.31. The molecule has 1 fully saturated rings. The minimum absolute atomic E-state index is 0.275. The largest absolute Gasteiger partial charge is 0.478 e. The van der Waals surface area contributed by atoms with E-state index < -0.39 is 5.97 Å². The Labute approximate surface area is 120 Å². The molecule has 1 aliphatic carbocycles. The lowest BCUT2D eigenvalue weighted by Gasteiger charge is -2.26. The molecule has 4 nitrogen and oxygen atoms in total. The number of pyridine rings is 1. The van der Waals surface area contributed by atoms with Crippen molar-refractivity contribution < 1.29 is 9.90 Å². The summed E-state index contributed by atoms with van der Waals surface area (Å²) in [4.78, 5) is 15.2. The predicted octanol–water partition coefficient (Wildman–Crippen LogP) is 3.72. The highest BCUT2D eigenvalue weighted by molar-refractivity contribution is 5.89. The molecule has 0 aromatic carbocycles. The second kappa shape index (κ2) is 6.73. The molecule has 20 heavy (non-hydrogen) atoms. The van der Waals surface area contributed by atoms with Crippen molar-refractivity contribution in [1.82, 2.24) is 4.98 Å². The highest BCUT2D eigenvalue weighted by Crippen LogP contribution is 2.30. The normalized spacial score (nSPS) is 22.5. The van der Waals surface area contributed by atoms with Crippen LogP contribution in [0.1, 0.15) is 55.1 Å². The van der Waals surface area contributed by atoms with Crippen molar-refractivity contribution in [2.75, 3.05) is 11.9 Å². The number of carbonyl (C=O) groups is 1. The summed E-state index contributed by atoms with van der Waals surface area (Å²) in [5, 5.41) is 12.3. The number of carboxylic acids is 1. The molecular formula is C16H24N2O2. The summed E-state index contributed by atoms with van der Waals surface area (Å²) in [6.07, 6.45) is 6.57. The molecule has 110 valence electrons. The van der Waals surface area contributed by atoms with E-state index in [2.05, 4.69) is 17.2 Å². The van der Waals surface area contributed by atoms with Crippen LogP contribution in [-0.2, 0) is 0 Å². The molecule has 2 rings (SSSR count). The number of nitrogens with zero attached hydrogens (tertiary/aromatic N) is 1. The Morgan fingerprint density at radius 3 is 2.65 bits per heavy atom. The fourth-order valence-electron chi connectivity index (χ4n) is 2.91. The van der Waals surface area contributed by atoms with Crippen LogP contribution in [0.15, 0.2) is 12.1 Å². The van der Waals surface area contributed by atoms with Gasteiger partial charge in [-0.15, -0.1) is 0 Å². The molecule has 1 aliphatic rings. The molecule has 2 N–H and O–H groups in total. The van der Waals surface area contributed by atoms with Gasteiger partial charge in [0, 0.05) is 6.54 Å². The van der Waals surface area contributed by atoms with Gasteiger partial charge in [0.2, 0.25) is 0 Å². The highest BCUT2D eigenvalue weighted by atomic mass is 16.4. The Morgan fingerprint density at radius 1 is 1.35 bits per heavy atom. The monoisotopic (exact) mass is 276 g/mol. The number of aryl methyl sites for hydroxylation is 1. The Bertz CT molecular complexity index is 466. The Morgan fingerprint density at radius 2 is 2.05 bits per heavy atom. The summed E-state index contributed by atoms with van der Waals surface area (Å²) < 4.78 is 0. The fourth-order valence-corrected chi connectivity index (χ4v) is 2.91. The van der Waals surface area contributed by atoms with Gasteiger partial charge in [-0.1, -0.05) is 32.6 Å². The number of hydrogen-bond acceptors (Lipinski definition) is 3. The Kier molecular flexibility index (Phi) is 4.99. The SMILES string of the molecule is Cc1nc(NCCC2CCC(C)CC2)ccc1C(=O)O. The molecule has 1 aromatic heterocycles. The molecule has 0 unspecified atom stereocenters. The van der Waals surface area contributed by atoms with Crippen LogP contribution in [0.5, 0.6) is 0 Å². The van der Waals surface area contributed by atoms with Crippen LogP contribution >= 0.6 is 0 Å². The molecule has 1 saturated carbocycles. The van der Waals surface area contributed by atoms with Crippen LogP contribution in [-0.4, -0.2) is 22.6 Å². The van der Waals surface area contributed by atoms with E-state index in [0.717, 1.165) is 24.2 Å². The lowest BCUT2D eigenvalue weighted by Crippen LogP contribution is -2.16. The molecule has 1 aromatic rings. The van der Waals surface area contributed by atoms with Gasteiger partial charge in [0.25, 0.3) is 0 Å². The molecule has 0 amide bonds. The molecular weight excluding hydrogens is 252 g/mol. The van der Waals surface area contributed by atoms with Crippen molar-refractivity contribution >= 4 is 11.8 Å². The van der Waals surface area contributed by atoms with E-state index in [0.29, 0.717) is 5.69 Å². The van der Waals surface area contributed by atoms with Gasteiger partial charge in [0.15, 0.2) is 0 Å². The predicted molar refractivity (Wildman–Crippen MR) is 80.2 cm³/mol. The maximum absolute atomic E-state index is 10.9. The molecule has 0 aliphatic heterocycles. The number of carboxylic acid groups (broad SMARTS) is 1. The van der Waals surface area contributed by atoms with Crippen molar-refractivity contribution in [2.24, 2.45) is 11.8 Å². The number of rotatable bonds is 5. The van der Waals surface area contributed by atoms with Gasteiger partial charge in [0.05, 0.1) is 11.3 Å². The average Bonchev–Trinajstić information content (AvgIpc) is 2.41. The van der Waals surface area contributed by atoms with Crippen molar-refractivity contribution in [3.63, 3.8) is 0 Å². The van der Waals surface area contributed by atoms with Gasteiger partial charge >= 0.3 is 5.97 Å². The lowest BCUT2D eigenvalue weighted by molar-refractivity contribution is 0.0695. The third kappa shape index (κ3) is 3.95. The molecule has 0 saturated heterocycles. The highest BCUT2D eigenvalue weighted by Gasteiger charge is 2.17. The summed E-state index contributed by atoms with van der Waals surface area (Å²) >= 11 is 0. The van der Waals surface area contributed by atoms with E-state index in [1.165, 1.54) is 32.1 Å². The summed E-state index contributed by atoms with van der Waals surface area (Å²) in [6, 6.07) is 3.37. The van der Waals surface area contributed by atoms with E-state index in [1.54, 1.807) is 19.1 Å². The van der Waals surface area contributed by atoms with Crippen molar-refractivity contribution in [1.29, 1.82) is 0 Å². The fraction of sp³-hybridized carbons (Fsp3) is 0.625. The standard InChI is InChI=1S/C16H24N2O2/c1-11-3-5-13(6-4-11)9-10-17-15-8-7-14(16(19)20)12(2)18-15/h7-8,11,13H,3-6,9-10H2,1-2H3,(H,17,18)(H,19,20). The molecule has 0 atom stereocenters. The lowest BCUT2D eigenvalue weighted by atomic mass is 9.81. The average molecular weight is 276 g/mol. The topological polar surface area (TPSA) is 62.2 Å². The van der Waals surface area contributed by atoms with Crippen LogP contribution in [0.25, 0.3) is 0 Å². The van der Waals surface area contributed by atoms with Crippen molar-refractivity contribution in [2.45, 2.75) is 46.0 Å². The second-order valence-electron chi connectivity index (χ2n) is 5.98. The van der Waals surface area contributed by atoms with Gasteiger partial charge in [-0.2, -0.15) is 0 Å². The maximum atomic E-state index is 10.9. The third-order valence-electron chi connectivity index (χ3n) is 4.31. The molecule has 1 heterocycles. The quantitative estimate of drug-likeness (QED) is 0.860. The molecule has 4 heteroatoms. The molecule has 0 spiro atoms. The van der Waals surface area contributed by atoms with Gasteiger partial charge < -0.3 is 10.4 Å². The Balaban J connectivity index is 1.79. The van der Waals surface area contributed by atoms with E-state index in [-0.39, 0.29) is 5.56 Å². The smallest absolute Gasteiger partial charge is 0.337 e. The van der Waals surface area contributed by atoms with Crippen LogP contribution in [0.4, 0.5) is 5.82 Å². The number of aromatic nitrogens is 1. The number of anilines is 1. The van der Waals surface area contributed by atoms with E-state index in [1.807, 2.05) is 0 Å². The van der Waals surface area contributed by atoms with Crippen molar-refractivity contribution in [3.05, 3.63) is 23.4 Å². The van der Waals surface area contributed by atoms with E-state index in [9.17, 15) is 4.79 Å². The van der Waals surface area contributed by atoms with E-state index >= 15 is 0 Å². The number of aromatic carboxylic acids is 1. The zero-order valence-corrected chi connectivity index (χ0v) is 12.4. The summed E-state index contributed by atoms with van der Waals surface area (Å²) in [6.45, 7) is 4.99. The Hall–Kier alpha value is -1.58. The first-order valence-electron chi connectivity index (χ1n) is 7.51. The molecule has 0 radical (unpaired) electrons. The molecule has 0 bridgehead atoms. The van der Waals surface area contributed by atoms with Crippen LogP contribution < -0.4 is 5.32 Å². The number of nitrogens with one attached hydrogen (secondary N) is 1. The van der Waals surface area contributed by atoms with Gasteiger partial charge in [-0.3, -0.25) is 0 Å². The first-order valence-corrected chi connectivity index (χ1v) is 7.51. The van der Waals surface area contributed by atoms with Crippen LogP contribution in [0.3, 0.4) is 0 Å². The number of hydrogen-bond donors (Lipinski definition) is 2. The minimum atomic E-state index is -0.919. The van der Waals surface area contributed by atoms with Gasteiger partial charge in [0.1, 0.15) is 5.82 Å². The zero-order chi connectivity index (χ0) is 14.5. The van der Waals surface area contributed by atoms with Gasteiger partial charge in [-0.05, 0) is 37.3 Å². The summed E-state index contributed by atoms with van der Waals surface area (Å²) in [5.41, 5.74) is 0.839. The van der Waals surface area contributed by atoms with Crippen LogP contribution in [0.2, 0.25) is 0 Å². The zero-order valence-electron chi connectivity index (χ0n) is 12.4. The van der Waals surface area contributed by atoms with Crippen molar-refractivity contribution in [3.8, 4) is 0 Å². The second-order valence-corrected chi connectivity index (χ2v) is 5.98. The van der Waals surface area contributed by atoms with Crippen LogP contribution in [0, 0.1) is 18.8 Å². The summed E-state index contributed by atoms with van der Waals surface area (Å²) in [7, 11) is 0. The first kappa shape index (κ1) is 14.8. The van der Waals surface area contributed by atoms with E-state index in [4.69, 9.17) is 5.11 Å². The minimum Gasteiger partial charge on any atom is -0.478 e.